The summed E-state index contributed by atoms with van der Waals surface area (Å²) in [5, 5.41) is 0. The first-order chi connectivity index (χ1) is 14.4. The van der Waals surface area contributed by atoms with Crippen LogP contribution in [0.4, 0.5) is 0 Å². The van der Waals surface area contributed by atoms with Crippen molar-refractivity contribution in [1.29, 1.82) is 0 Å². The number of hydrogen-bond acceptors (Lipinski definition) is 4. The lowest BCUT2D eigenvalue weighted by Crippen LogP contribution is -2.35. The Balaban J connectivity index is 1.68. The van der Waals surface area contributed by atoms with Crippen molar-refractivity contribution in [2.24, 2.45) is 5.92 Å². The van der Waals surface area contributed by atoms with E-state index in [9.17, 15) is 14.4 Å². The van der Waals surface area contributed by atoms with Gasteiger partial charge in [0.1, 0.15) is 5.69 Å². The number of nitrogens with zero attached hydrogens (tertiary/aromatic N) is 5. The average Bonchev–Trinajstić information content (AvgIpc) is 3.34. The molecule has 0 spiro atoms. The van der Waals surface area contributed by atoms with E-state index in [-0.39, 0.29) is 35.4 Å². The number of imidazole rings is 1. The maximum absolute atomic E-state index is 13.4. The van der Waals surface area contributed by atoms with Crippen molar-refractivity contribution in [3.05, 3.63) is 53.6 Å². The van der Waals surface area contributed by atoms with Gasteiger partial charge in [0.15, 0.2) is 5.69 Å². The molecule has 1 saturated heterocycles. The highest BCUT2D eigenvalue weighted by Crippen LogP contribution is 2.34. The van der Waals surface area contributed by atoms with Gasteiger partial charge in [-0.05, 0) is 12.5 Å². The van der Waals surface area contributed by atoms with E-state index >= 15 is 0 Å². The van der Waals surface area contributed by atoms with E-state index in [1.165, 1.54) is 0 Å². The monoisotopic (exact) mass is 409 g/mol. The summed E-state index contributed by atoms with van der Waals surface area (Å²) in [5.74, 6) is -0.310. The predicted octanol–water partition coefficient (Wildman–Crippen LogP) is 1.65. The van der Waals surface area contributed by atoms with E-state index in [0.717, 1.165) is 5.56 Å². The van der Waals surface area contributed by atoms with Crippen LogP contribution in [0.5, 0.6) is 0 Å². The third kappa shape index (κ3) is 3.46. The SMILES string of the molecule is CCN(Cc1ccccc1)C(=O)c1ncn2c1C(=O)N(C)C[C@@H]1CN(C(C)=O)C[C@H]12. The van der Waals surface area contributed by atoms with Gasteiger partial charge in [0.2, 0.25) is 5.91 Å². The van der Waals surface area contributed by atoms with Gasteiger partial charge in [-0.25, -0.2) is 4.98 Å². The Morgan fingerprint density at radius 1 is 1.17 bits per heavy atom. The number of benzene rings is 1. The summed E-state index contributed by atoms with van der Waals surface area (Å²) in [7, 11) is 1.74. The lowest BCUT2D eigenvalue weighted by molar-refractivity contribution is -0.128. The zero-order chi connectivity index (χ0) is 21.4. The molecule has 4 rings (SSSR count). The molecule has 2 aliphatic rings. The second kappa shape index (κ2) is 7.93. The zero-order valence-corrected chi connectivity index (χ0v) is 17.6. The normalized spacial score (nSPS) is 20.6. The van der Waals surface area contributed by atoms with Crippen LogP contribution in [0.25, 0.3) is 0 Å². The minimum atomic E-state index is -0.253. The van der Waals surface area contributed by atoms with Crippen molar-refractivity contribution in [2.45, 2.75) is 26.4 Å². The minimum absolute atomic E-state index is 0.0232. The van der Waals surface area contributed by atoms with Crippen LogP contribution in [0.15, 0.2) is 36.7 Å². The van der Waals surface area contributed by atoms with E-state index in [1.54, 1.807) is 35.0 Å². The fourth-order valence-electron chi connectivity index (χ4n) is 4.48. The number of carbonyl (C=O) groups excluding carboxylic acids is 3. The van der Waals surface area contributed by atoms with Gasteiger partial charge < -0.3 is 19.3 Å². The van der Waals surface area contributed by atoms with Gasteiger partial charge in [-0.15, -0.1) is 0 Å². The Hall–Kier alpha value is -3.16. The molecule has 158 valence electrons. The summed E-state index contributed by atoms with van der Waals surface area (Å²) in [6.07, 6.45) is 1.59. The maximum atomic E-state index is 13.4. The van der Waals surface area contributed by atoms with Gasteiger partial charge in [-0.3, -0.25) is 14.4 Å². The van der Waals surface area contributed by atoms with E-state index in [2.05, 4.69) is 4.98 Å². The first kappa shape index (κ1) is 20.1. The molecule has 0 N–H and O–H groups in total. The van der Waals surface area contributed by atoms with Crippen LogP contribution in [0.3, 0.4) is 0 Å². The highest BCUT2D eigenvalue weighted by atomic mass is 16.2. The van der Waals surface area contributed by atoms with E-state index in [1.807, 2.05) is 41.8 Å². The van der Waals surface area contributed by atoms with Gasteiger partial charge in [-0.1, -0.05) is 30.3 Å². The van der Waals surface area contributed by atoms with E-state index < -0.39 is 0 Å². The third-order valence-corrected chi connectivity index (χ3v) is 6.15. The number of fused-ring (bicyclic) bond motifs is 3. The second-order valence-corrected chi connectivity index (χ2v) is 8.09. The van der Waals surface area contributed by atoms with Crippen molar-refractivity contribution in [3.8, 4) is 0 Å². The van der Waals surface area contributed by atoms with Crippen LogP contribution in [0.1, 0.15) is 46.4 Å². The minimum Gasteiger partial charge on any atom is -0.340 e. The molecule has 1 fully saturated rings. The number of rotatable bonds is 4. The van der Waals surface area contributed by atoms with Crippen molar-refractivity contribution in [3.63, 3.8) is 0 Å². The van der Waals surface area contributed by atoms with E-state index in [0.29, 0.717) is 38.4 Å². The fraction of sp³-hybridized carbons (Fsp3) is 0.455. The van der Waals surface area contributed by atoms with Gasteiger partial charge in [0.05, 0.1) is 12.4 Å². The highest BCUT2D eigenvalue weighted by molar-refractivity contribution is 6.05. The topological polar surface area (TPSA) is 78.8 Å². The van der Waals surface area contributed by atoms with Crippen molar-refractivity contribution >= 4 is 17.7 Å². The number of aromatic nitrogens is 2. The molecule has 1 aromatic heterocycles. The summed E-state index contributed by atoms with van der Waals surface area (Å²) >= 11 is 0. The van der Waals surface area contributed by atoms with Gasteiger partial charge in [0.25, 0.3) is 11.8 Å². The summed E-state index contributed by atoms with van der Waals surface area (Å²) < 4.78 is 1.82. The van der Waals surface area contributed by atoms with Crippen LogP contribution >= 0.6 is 0 Å². The number of carbonyl (C=O) groups is 3. The van der Waals surface area contributed by atoms with Crippen LogP contribution in [0.2, 0.25) is 0 Å². The fourth-order valence-corrected chi connectivity index (χ4v) is 4.48. The summed E-state index contributed by atoms with van der Waals surface area (Å²) in [5.41, 5.74) is 1.54. The zero-order valence-electron chi connectivity index (χ0n) is 17.6. The van der Waals surface area contributed by atoms with Gasteiger partial charge in [-0.2, -0.15) is 0 Å². The van der Waals surface area contributed by atoms with Crippen LogP contribution in [-0.4, -0.2) is 75.2 Å². The molecule has 0 bridgehead atoms. The van der Waals surface area contributed by atoms with Crippen molar-refractivity contribution in [1.82, 2.24) is 24.3 Å². The Bertz CT molecular complexity index is 970. The molecule has 8 nitrogen and oxygen atoms in total. The van der Waals surface area contributed by atoms with Crippen molar-refractivity contribution < 1.29 is 14.4 Å². The Labute approximate surface area is 176 Å². The van der Waals surface area contributed by atoms with Crippen molar-refractivity contribution in [2.75, 3.05) is 33.2 Å². The predicted molar refractivity (Wildman–Crippen MR) is 111 cm³/mol. The first-order valence-electron chi connectivity index (χ1n) is 10.3. The number of hydrogen-bond donors (Lipinski definition) is 0. The maximum Gasteiger partial charge on any atom is 0.275 e. The number of amides is 3. The summed E-state index contributed by atoms with van der Waals surface area (Å²) in [6, 6.07) is 9.71. The molecule has 2 aromatic rings. The molecule has 2 atom stereocenters. The molecule has 1 aromatic carbocycles. The summed E-state index contributed by atoms with van der Waals surface area (Å²) in [4.78, 5) is 48.0. The smallest absolute Gasteiger partial charge is 0.275 e. The van der Waals surface area contributed by atoms with Gasteiger partial charge >= 0.3 is 0 Å². The third-order valence-electron chi connectivity index (χ3n) is 6.15. The molecular weight excluding hydrogens is 382 g/mol. The molecule has 30 heavy (non-hydrogen) atoms. The van der Waals surface area contributed by atoms with Crippen LogP contribution < -0.4 is 0 Å². The molecule has 0 radical (unpaired) electrons. The highest BCUT2D eigenvalue weighted by Gasteiger charge is 2.42. The van der Waals surface area contributed by atoms with E-state index in [4.69, 9.17) is 0 Å². The van der Waals surface area contributed by atoms with Crippen LogP contribution in [-0.2, 0) is 11.3 Å². The lowest BCUT2D eigenvalue weighted by atomic mass is 10.0. The standard InChI is InChI=1S/C22H27N5O3/c1-4-25(10-16-8-6-5-7-9-16)21(29)19-20-22(30)24(3)11-17-12-26(15(2)28)13-18(17)27(20)14-23-19/h5-9,14,17-18H,4,10-13H2,1-3H3/t17-,18-/m1/s1. The Morgan fingerprint density at radius 2 is 1.90 bits per heavy atom. The molecule has 3 heterocycles. The molecule has 3 amide bonds. The quantitative estimate of drug-likeness (QED) is 0.769. The lowest BCUT2D eigenvalue weighted by Gasteiger charge is -2.22. The molecule has 0 saturated carbocycles. The molecule has 0 aliphatic carbocycles. The van der Waals surface area contributed by atoms with Gasteiger partial charge in [0, 0.05) is 52.6 Å². The molecular formula is C22H27N5O3. The second-order valence-electron chi connectivity index (χ2n) is 8.09. The Kier molecular flexibility index (Phi) is 5.32. The average molecular weight is 409 g/mol. The largest absolute Gasteiger partial charge is 0.340 e. The summed E-state index contributed by atoms with van der Waals surface area (Å²) in [6.45, 7) is 6.12. The molecule has 2 aliphatic heterocycles. The van der Waals surface area contributed by atoms with Crippen LogP contribution in [0, 0.1) is 5.92 Å². The molecule has 0 unspecified atom stereocenters. The number of likely N-dealkylation sites (tertiary alicyclic amines) is 1. The molecule has 8 heteroatoms. The first-order valence-corrected chi connectivity index (χ1v) is 10.3. The Morgan fingerprint density at radius 3 is 2.57 bits per heavy atom.